The third kappa shape index (κ3) is 13.1. The van der Waals surface area contributed by atoms with Crippen molar-refractivity contribution >= 4 is 17.9 Å². The van der Waals surface area contributed by atoms with Crippen LogP contribution in [-0.4, -0.2) is 52.1 Å². The largest absolute Gasteiger partial charge is 0.508 e. The predicted octanol–water partition coefficient (Wildman–Crippen LogP) is 7.68. The summed E-state index contributed by atoms with van der Waals surface area (Å²) in [7, 11) is 0. The lowest BCUT2D eigenvalue weighted by molar-refractivity contribution is -0.142. The second-order valence-electron chi connectivity index (χ2n) is 13.3. The highest BCUT2D eigenvalue weighted by molar-refractivity contribution is 5.92. The van der Waals surface area contributed by atoms with E-state index in [9.17, 15) is 19.5 Å². The van der Waals surface area contributed by atoms with Crippen LogP contribution in [0.25, 0.3) is 0 Å². The zero-order chi connectivity index (χ0) is 33.6. The number of phenolic OH excluding ortho intramolecular Hbond substituents is 1. The lowest BCUT2D eigenvalue weighted by Gasteiger charge is -2.36. The molecule has 3 unspecified atom stereocenters. The van der Waals surface area contributed by atoms with Crippen LogP contribution < -0.4 is 10.6 Å². The summed E-state index contributed by atoms with van der Waals surface area (Å²) in [4.78, 5) is 43.6. The highest BCUT2D eigenvalue weighted by Gasteiger charge is 2.37. The van der Waals surface area contributed by atoms with Crippen molar-refractivity contribution in [2.45, 2.75) is 137 Å². The summed E-state index contributed by atoms with van der Waals surface area (Å²) >= 11 is 0. The van der Waals surface area contributed by atoms with Gasteiger partial charge in [-0.3, -0.25) is 9.59 Å². The van der Waals surface area contributed by atoms with Gasteiger partial charge in [0.05, 0.1) is 0 Å². The number of nitrogens with zero attached hydrogens (tertiary/aromatic N) is 1. The highest BCUT2D eigenvalue weighted by atomic mass is 16.6. The Bertz CT molecular complexity index is 1220. The lowest BCUT2D eigenvalue weighted by atomic mass is 9.95. The lowest BCUT2D eigenvalue weighted by Crippen LogP contribution is -2.54. The minimum absolute atomic E-state index is 0.0607. The molecule has 8 nitrogen and oxygen atoms in total. The number of carbonyl (C=O) groups is 3. The van der Waals surface area contributed by atoms with E-state index in [1.165, 1.54) is 6.42 Å². The van der Waals surface area contributed by atoms with Gasteiger partial charge in [-0.2, -0.15) is 0 Å². The van der Waals surface area contributed by atoms with Crippen LogP contribution in [0.1, 0.15) is 121 Å². The number of aryl methyl sites for hydroxylation is 2. The van der Waals surface area contributed by atoms with Crippen molar-refractivity contribution in [2.75, 3.05) is 6.54 Å². The van der Waals surface area contributed by atoms with Crippen LogP contribution in [0.15, 0.2) is 42.5 Å². The van der Waals surface area contributed by atoms with Crippen LogP contribution >= 0.6 is 0 Å². The van der Waals surface area contributed by atoms with Gasteiger partial charge < -0.3 is 25.4 Å². The van der Waals surface area contributed by atoms with Gasteiger partial charge in [0, 0.05) is 19.0 Å². The van der Waals surface area contributed by atoms with Crippen molar-refractivity contribution in [3.05, 3.63) is 64.7 Å². The molecule has 3 amide bonds. The van der Waals surface area contributed by atoms with Gasteiger partial charge >= 0.3 is 6.09 Å². The molecule has 250 valence electrons. The Morgan fingerprint density at radius 3 is 2.13 bits per heavy atom. The monoisotopic (exact) mass is 623 g/mol. The number of hydrogen-bond donors (Lipinski definition) is 3. The van der Waals surface area contributed by atoms with Gasteiger partial charge in [0.2, 0.25) is 11.8 Å². The molecule has 0 saturated carbocycles. The van der Waals surface area contributed by atoms with E-state index >= 15 is 0 Å². The first-order chi connectivity index (χ1) is 21.2. The quantitative estimate of drug-likeness (QED) is 0.157. The van der Waals surface area contributed by atoms with Crippen molar-refractivity contribution in [3.63, 3.8) is 0 Å². The van der Waals surface area contributed by atoms with Crippen LogP contribution in [0.2, 0.25) is 0 Å². The number of benzene rings is 2. The molecule has 0 heterocycles. The van der Waals surface area contributed by atoms with Gasteiger partial charge in [-0.1, -0.05) is 88.3 Å². The Labute approximate surface area is 271 Å². The van der Waals surface area contributed by atoms with Gasteiger partial charge in [-0.15, -0.1) is 0 Å². The zero-order valence-electron chi connectivity index (χ0n) is 28.9. The second-order valence-corrected chi connectivity index (χ2v) is 13.3. The first-order valence-corrected chi connectivity index (χ1v) is 16.7. The number of alkyl carbamates (subject to hydrolysis) is 1. The standard InChI is InChI=1S/C37H57N3O5/c1-9-11-12-13-14-15-23-40(33(34(42)38-28(5)16-10-2)31-22-17-26(3)24-27(31)4)35(43)32(39-36(44)45-37(6,7)8)25-29-18-20-30(41)21-19-29/h17-22,24,28,32-33,41H,9-16,23,25H2,1-8H3,(H,38,42)(H,39,44). The molecule has 0 aliphatic heterocycles. The van der Waals surface area contributed by atoms with Crippen LogP contribution in [-0.2, 0) is 20.7 Å². The van der Waals surface area contributed by atoms with Crippen molar-refractivity contribution in [3.8, 4) is 5.75 Å². The third-order valence-electron chi connectivity index (χ3n) is 7.79. The Morgan fingerprint density at radius 2 is 1.53 bits per heavy atom. The minimum atomic E-state index is -1.00. The summed E-state index contributed by atoms with van der Waals surface area (Å²) in [6.45, 7) is 15.9. The molecule has 0 aromatic heterocycles. The Balaban J connectivity index is 2.59. The maximum Gasteiger partial charge on any atom is 0.408 e. The fourth-order valence-corrected chi connectivity index (χ4v) is 5.56. The highest BCUT2D eigenvalue weighted by Crippen LogP contribution is 2.28. The third-order valence-corrected chi connectivity index (χ3v) is 7.79. The first-order valence-electron chi connectivity index (χ1n) is 16.7. The maximum absolute atomic E-state index is 14.7. The van der Waals surface area contributed by atoms with Crippen LogP contribution in [0, 0.1) is 13.8 Å². The van der Waals surface area contributed by atoms with Gasteiger partial charge in [-0.05, 0) is 83.2 Å². The number of aromatic hydroxyl groups is 1. The second kappa shape index (κ2) is 18.4. The Kier molecular flexibility index (Phi) is 15.4. The zero-order valence-corrected chi connectivity index (χ0v) is 28.9. The summed E-state index contributed by atoms with van der Waals surface area (Å²) in [6.07, 6.45) is 7.35. The van der Waals surface area contributed by atoms with Gasteiger partial charge in [-0.25, -0.2) is 4.79 Å². The summed E-state index contributed by atoms with van der Waals surface area (Å²) in [6, 6.07) is 10.6. The number of rotatable bonds is 17. The molecule has 0 aliphatic rings. The average Bonchev–Trinajstić information content (AvgIpc) is 2.94. The number of ether oxygens (including phenoxy) is 1. The van der Waals surface area contributed by atoms with Crippen molar-refractivity contribution in [2.24, 2.45) is 0 Å². The fourth-order valence-electron chi connectivity index (χ4n) is 5.56. The number of unbranched alkanes of at least 4 members (excludes halogenated alkanes) is 5. The van der Waals surface area contributed by atoms with Crippen LogP contribution in [0.5, 0.6) is 5.75 Å². The maximum atomic E-state index is 14.7. The molecule has 45 heavy (non-hydrogen) atoms. The van der Waals surface area contributed by atoms with E-state index in [1.807, 2.05) is 39.0 Å². The van der Waals surface area contributed by atoms with Gasteiger partial charge in [0.15, 0.2) is 0 Å². The van der Waals surface area contributed by atoms with Crippen LogP contribution in [0.3, 0.4) is 0 Å². The van der Waals surface area contributed by atoms with E-state index in [0.29, 0.717) is 6.54 Å². The fraction of sp³-hybridized carbons (Fsp3) is 0.595. The molecule has 0 aliphatic carbocycles. The summed E-state index contributed by atoms with van der Waals surface area (Å²) in [5.41, 5.74) is 2.76. The Morgan fingerprint density at radius 1 is 0.889 bits per heavy atom. The molecule has 0 fully saturated rings. The molecule has 3 N–H and O–H groups in total. The summed E-state index contributed by atoms with van der Waals surface area (Å²) < 4.78 is 5.56. The van der Waals surface area contributed by atoms with Crippen molar-refractivity contribution < 1.29 is 24.2 Å². The number of amides is 3. The minimum Gasteiger partial charge on any atom is -0.508 e. The number of carbonyl (C=O) groups excluding carboxylic acids is 3. The molecule has 0 spiro atoms. The van der Waals surface area contributed by atoms with Crippen LogP contribution in [0.4, 0.5) is 4.79 Å². The Hall–Kier alpha value is -3.55. The van der Waals surface area contributed by atoms with Crippen molar-refractivity contribution in [1.29, 1.82) is 0 Å². The molecule has 3 atom stereocenters. The molecule has 0 saturated heterocycles. The molecule has 0 bridgehead atoms. The van der Waals surface area contributed by atoms with Crippen molar-refractivity contribution in [1.82, 2.24) is 15.5 Å². The molecule has 2 rings (SSSR count). The van der Waals surface area contributed by atoms with Gasteiger partial charge in [0.1, 0.15) is 23.4 Å². The molecule has 0 radical (unpaired) electrons. The number of phenols is 1. The van der Waals surface area contributed by atoms with E-state index in [4.69, 9.17) is 4.74 Å². The molecule has 2 aromatic carbocycles. The van der Waals surface area contributed by atoms with E-state index in [2.05, 4.69) is 24.5 Å². The van der Waals surface area contributed by atoms with Gasteiger partial charge in [0.25, 0.3) is 0 Å². The van der Waals surface area contributed by atoms with E-state index < -0.39 is 23.8 Å². The first kappa shape index (κ1) is 37.6. The molecular formula is C37H57N3O5. The number of hydrogen-bond acceptors (Lipinski definition) is 5. The predicted molar refractivity (Wildman–Crippen MR) is 181 cm³/mol. The molecular weight excluding hydrogens is 566 g/mol. The SMILES string of the molecule is CCCCCCCCN(C(=O)C(Cc1ccc(O)cc1)NC(=O)OC(C)(C)C)C(C(=O)NC(C)CCC)c1ccc(C)cc1C. The van der Waals surface area contributed by atoms with E-state index in [1.54, 1.807) is 49.9 Å². The summed E-state index contributed by atoms with van der Waals surface area (Å²) in [5.74, 6) is -0.479. The van der Waals surface area contributed by atoms with E-state index in [0.717, 1.165) is 67.2 Å². The summed E-state index contributed by atoms with van der Waals surface area (Å²) in [5, 5.41) is 15.8. The topological polar surface area (TPSA) is 108 Å². The van der Waals surface area contributed by atoms with E-state index in [-0.39, 0.29) is 30.0 Å². The smallest absolute Gasteiger partial charge is 0.408 e. The normalized spacial score (nSPS) is 13.4. The molecule has 2 aromatic rings. The average molecular weight is 624 g/mol. The molecule has 8 heteroatoms. The number of nitrogens with one attached hydrogen (secondary N) is 2.